The minimum Gasteiger partial charge on any atom is -0.493 e. The van der Waals surface area contributed by atoms with E-state index in [1.807, 2.05) is 25.2 Å². The van der Waals surface area contributed by atoms with Crippen molar-refractivity contribution in [1.29, 1.82) is 0 Å². The predicted molar refractivity (Wildman–Crippen MR) is 133 cm³/mol. The van der Waals surface area contributed by atoms with Crippen LogP contribution in [-0.4, -0.2) is 55.7 Å². The van der Waals surface area contributed by atoms with Gasteiger partial charge in [-0.15, -0.1) is 0 Å². The van der Waals surface area contributed by atoms with E-state index in [-0.39, 0.29) is 0 Å². The van der Waals surface area contributed by atoms with E-state index in [9.17, 15) is 4.79 Å². The van der Waals surface area contributed by atoms with E-state index in [4.69, 9.17) is 26.8 Å². The lowest BCUT2D eigenvalue weighted by molar-refractivity contribution is -0.0229. The first-order chi connectivity index (χ1) is 16.5. The number of likely N-dealkylation sites (N-methyl/N-ethyl adjacent to an activating group) is 1. The van der Waals surface area contributed by atoms with E-state index in [0.717, 1.165) is 17.5 Å². The van der Waals surface area contributed by atoms with Crippen LogP contribution in [0.4, 0.5) is 11.4 Å². The van der Waals surface area contributed by atoms with Gasteiger partial charge in [0.1, 0.15) is 5.54 Å². The molecule has 0 radical (unpaired) electrons. The Hall–Kier alpha value is -3.35. The van der Waals surface area contributed by atoms with Gasteiger partial charge in [0.2, 0.25) is 0 Å². The molecular formula is C25H26ClN5O3. The van der Waals surface area contributed by atoms with E-state index in [1.165, 1.54) is 0 Å². The molecule has 0 saturated carbocycles. The van der Waals surface area contributed by atoms with Crippen molar-refractivity contribution in [2.45, 2.75) is 12.0 Å². The van der Waals surface area contributed by atoms with Crippen LogP contribution < -0.4 is 21.1 Å². The summed E-state index contributed by atoms with van der Waals surface area (Å²) in [7, 11) is 3.41. The summed E-state index contributed by atoms with van der Waals surface area (Å²) in [5.74, 6) is 6.73. The summed E-state index contributed by atoms with van der Waals surface area (Å²) in [6.45, 7) is 1.48. The van der Waals surface area contributed by atoms with Gasteiger partial charge >= 0.3 is 0 Å². The summed E-state index contributed by atoms with van der Waals surface area (Å²) in [6.07, 6.45) is 4.84. The molecule has 0 atom stereocenters. The summed E-state index contributed by atoms with van der Waals surface area (Å²) in [5.41, 5.74) is 10.3. The number of carbonyl (C=O) groups is 1. The molecule has 0 aliphatic carbocycles. The minimum absolute atomic E-state index is 0.392. The Kier molecular flexibility index (Phi) is 7.20. The fourth-order valence-corrected chi connectivity index (χ4v) is 3.97. The second kappa shape index (κ2) is 10.3. The molecule has 8 nitrogen and oxygen atoms in total. The first-order valence-electron chi connectivity index (χ1n) is 10.8. The number of H-pyrrole nitrogens is 1. The first kappa shape index (κ1) is 23.8. The van der Waals surface area contributed by atoms with Gasteiger partial charge in [0, 0.05) is 36.6 Å². The maximum absolute atomic E-state index is 12.2. The molecule has 0 bridgehead atoms. The molecule has 0 unspecified atom stereocenters. The van der Waals surface area contributed by atoms with Crippen LogP contribution in [0.1, 0.15) is 21.6 Å². The molecule has 4 rings (SSSR count). The molecule has 9 heteroatoms. The Bertz CT molecular complexity index is 1260. The van der Waals surface area contributed by atoms with Gasteiger partial charge in [-0.05, 0) is 25.2 Å². The summed E-state index contributed by atoms with van der Waals surface area (Å²) >= 11 is 6.33. The first-order valence-corrected chi connectivity index (χ1v) is 11.2. The molecule has 1 aliphatic rings. The number of benzene rings is 1. The summed E-state index contributed by atoms with van der Waals surface area (Å²) in [5, 5.41) is 6.94. The third-order valence-electron chi connectivity index (χ3n) is 5.55. The summed E-state index contributed by atoms with van der Waals surface area (Å²) in [6, 6.07) is 7.25. The fraction of sp³-hybridized carbons (Fsp3) is 0.280. The van der Waals surface area contributed by atoms with E-state index < -0.39 is 5.54 Å². The zero-order chi connectivity index (χ0) is 24.1. The number of ether oxygens (including phenoxy) is 2. The highest BCUT2D eigenvalue weighted by molar-refractivity contribution is 6.32. The Balaban J connectivity index is 1.86. The number of hydrogen-bond acceptors (Lipinski definition) is 7. The van der Waals surface area contributed by atoms with Crippen molar-refractivity contribution in [1.82, 2.24) is 15.3 Å². The lowest BCUT2D eigenvalue weighted by atomic mass is 9.98. The molecule has 1 aliphatic heterocycles. The number of hydrogen-bond donors (Lipinski definition) is 4. The number of rotatable bonds is 8. The Morgan fingerprint density at radius 3 is 2.88 bits per heavy atom. The van der Waals surface area contributed by atoms with Crippen LogP contribution in [0.5, 0.6) is 5.75 Å². The zero-order valence-corrected chi connectivity index (χ0v) is 19.8. The fourth-order valence-electron chi connectivity index (χ4n) is 3.72. The topological polar surface area (TPSA) is 114 Å². The van der Waals surface area contributed by atoms with Crippen molar-refractivity contribution in [3.63, 3.8) is 0 Å². The van der Waals surface area contributed by atoms with E-state index in [1.54, 1.807) is 25.6 Å². The Morgan fingerprint density at radius 1 is 1.38 bits per heavy atom. The largest absolute Gasteiger partial charge is 0.493 e. The molecule has 176 valence electrons. The van der Waals surface area contributed by atoms with Gasteiger partial charge < -0.3 is 30.8 Å². The van der Waals surface area contributed by atoms with Crippen molar-refractivity contribution >= 4 is 29.3 Å². The highest BCUT2D eigenvalue weighted by Crippen LogP contribution is 2.40. The molecule has 2 aromatic heterocycles. The number of methoxy groups -OCH3 is 1. The van der Waals surface area contributed by atoms with Gasteiger partial charge in [-0.25, -0.2) is 0 Å². The molecule has 1 fully saturated rings. The molecule has 0 spiro atoms. The van der Waals surface area contributed by atoms with Crippen LogP contribution in [-0.2, 0) is 11.2 Å². The van der Waals surface area contributed by atoms with Crippen molar-refractivity contribution in [2.24, 2.45) is 5.73 Å². The second-order valence-corrected chi connectivity index (χ2v) is 8.41. The number of nitrogens with two attached hydrogens (primary N) is 1. The lowest BCUT2D eigenvalue weighted by Crippen LogP contribution is -2.56. The smallest absolute Gasteiger partial charge is 0.160 e. The minimum atomic E-state index is -0.663. The van der Waals surface area contributed by atoms with Crippen molar-refractivity contribution < 1.29 is 14.3 Å². The Morgan fingerprint density at radius 2 is 2.21 bits per heavy atom. The van der Waals surface area contributed by atoms with Gasteiger partial charge in [-0.2, -0.15) is 0 Å². The number of anilines is 2. The third-order valence-corrected chi connectivity index (χ3v) is 5.85. The number of aromatic nitrogens is 2. The van der Waals surface area contributed by atoms with Crippen LogP contribution in [0.2, 0.25) is 5.02 Å². The number of aromatic amines is 1. The van der Waals surface area contributed by atoms with Gasteiger partial charge in [0.15, 0.2) is 12.0 Å². The molecule has 1 aromatic carbocycles. The van der Waals surface area contributed by atoms with Crippen molar-refractivity contribution in [2.75, 3.05) is 39.2 Å². The quantitative estimate of drug-likeness (QED) is 0.290. The molecule has 0 amide bonds. The standard InChI is InChI=1S/C25H26ClN5O3/c1-28-10-8-20-18(13-32)23(31-21-5-3-4-19(26)24(21)33-2)22(30-20)17-7-11-29-12-16(17)6-9-25(27)14-34-15-25/h3-5,7,11-13,28,30-31H,8,10,14-15,27H2,1-2H3. The van der Waals surface area contributed by atoms with Gasteiger partial charge in [-0.1, -0.05) is 29.5 Å². The van der Waals surface area contributed by atoms with E-state index in [2.05, 4.69) is 32.4 Å². The van der Waals surface area contributed by atoms with Crippen LogP contribution in [0.15, 0.2) is 36.7 Å². The van der Waals surface area contributed by atoms with Crippen LogP contribution in [0, 0.1) is 11.8 Å². The monoisotopic (exact) mass is 479 g/mol. The number of halogens is 1. The number of aldehydes is 1. The lowest BCUT2D eigenvalue weighted by Gasteiger charge is -2.32. The maximum Gasteiger partial charge on any atom is 0.160 e. The molecule has 34 heavy (non-hydrogen) atoms. The van der Waals surface area contributed by atoms with Gasteiger partial charge in [-0.3, -0.25) is 9.78 Å². The number of carbonyl (C=O) groups excluding carboxylic acids is 1. The average Bonchev–Trinajstić information content (AvgIpc) is 3.17. The number of pyridine rings is 1. The maximum atomic E-state index is 12.2. The Labute approximate surface area is 203 Å². The molecule has 3 heterocycles. The molecular weight excluding hydrogens is 454 g/mol. The van der Waals surface area contributed by atoms with Crippen molar-refractivity contribution in [3.05, 3.63) is 58.5 Å². The predicted octanol–water partition coefficient (Wildman–Crippen LogP) is 3.14. The highest BCUT2D eigenvalue weighted by atomic mass is 35.5. The van der Waals surface area contributed by atoms with Crippen molar-refractivity contribution in [3.8, 4) is 28.8 Å². The zero-order valence-electron chi connectivity index (χ0n) is 19.0. The second-order valence-electron chi connectivity index (χ2n) is 8.00. The van der Waals surface area contributed by atoms with Gasteiger partial charge in [0.25, 0.3) is 0 Å². The molecule has 3 aromatic rings. The van der Waals surface area contributed by atoms with Crippen LogP contribution in [0.25, 0.3) is 11.3 Å². The van der Waals surface area contributed by atoms with Crippen LogP contribution in [0.3, 0.4) is 0 Å². The molecule has 1 saturated heterocycles. The number of para-hydroxylation sites is 1. The normalized spacial score (nSPS) is 14.0. The van der Waals surface area contributed by atoms with Crippen LogP contribution >= 0.6 is 11.6 Å². The van der Waals surface area contributed by atoms with Gasteiger partial charge in [0.05, 0.1) is 53.5 Å². The van der Waals surface area contributed by atoms with E-state index >= 15 is 0 Å². The molecule has 5 N–H and O–H groups in total. The van der Waals surface area contributed by atoms with E-state index in [0.29, 0.717) is 65.1 Å². The summed E-state index contributed by atoms with van der Waals surface area (Å²) in [4.78, 5) is 19.9. The average molecular weight is 480 g/mol. The number of nitrogens with one attached hydrogen (secondary N) is 3. The SMILES string of the molecule is CNCCc1[nH]c(-c2ccncc2C#CC2(N)COC2)c(Nc2cccc(Cl)c2OC)c1C=O. The third kappa shape index (κ3) is 4.79. The number of nitrogens with zero attached hydrogens (tertiary/aromatic N) is 1. The highest BCUT2D eigenvalue weighted by Gasteiger charge is 2.32. The summed E-state index contributed by atoms with van der Waals surface area (Å²) < 4.78 is 10.7.